The molecule has 1 aliphatic rings. The SMILES string of the molecule is CCCCC[C@H](c1ccccc1C#N)N1CCNCC1.Cl.Cl. The summed E-state index contributed by atoms with van der Waals surface area (Å²) < 4.78 is 0. The molecule has 2 rings (SSSR count). The molecule has 1 heterocycles. The van der Waals surface area contributed by atoms with E-state index in [1.165, 1.54) is 24.8 Å². The van der Waals surface area contributed by atoms with Gasteiger partial charge in [-0.3, -0.25) is 4.90 Å². The van der Waals surface area contributed by atoms with Gasteiger partial charge in [0.25, 0.3) is 0 Å². The molecule has 0 saturated carbocycles. The van der Waals surface area contributed by atoms with Crippen molar-refractivity contribution in [2.45, 2.75) is 38.6 Å². The highest BCUT2D eigenvalue weighted by atomic mass is 35.5. The molecule has 0 unspecified atom stereocenters. The van der Waals surface area contributed by atoms with Gasteiger partial charge in [-0.2, -0.15) is 5.26 Å². The Morgan fingerprint density at radius 2 is 1.86 bits per heavy atom. The zero-order valence-electron chi connectivity index (χ0n) is 13.3. The summed E-state index contributed by atoms with van der Waals surface area (Å²) in [6.07, 6.45) is 4.92. The molecular weight excluding hydrogens is 317 g/mol. The second-order valence-electron chi connectivity index (χ2n) is 5.50. The molecule has 22 heavy (non-hydrogen) atoms. The monoisotopic (exact) mass is 343 g/mol. The van der Waals surface area contributed by atoms with E-state index in [1.807, 2.05) is 12.1 Å². The van der Waals surface area contributed by atoms with Crippen LogP contribution in [-0.2, 0) is 0 Å². The summed E-state index contributed by atoms with van der Waals surface area (Å²) in [5.41, 5.74) is 2.06. The van der Waals surface area contributed by atoms with Crippen LogP contribution in [0.4, 0.5) is 0 Å². The molecule has 0 radical (unpaired) electrons. The van der Waals surface area contributed by atoms with E-state index in [0.29, 0.717) is 6.04 Å². The van der Waals surface area contributed by atoms with E-state index in [4.69, 9.17) is 0 Å². The van der Waals surface area contributed by atoms with E-state index < -0.39 is 0 Å². The largest absolute Gasteiger partial charge is 0.314 e. The van der Waals surface area contributed by atoms with Crippen molar-refractivity contribution < 1.29 is 0 Å². The van der Waals surface area contributed by atoms with Gasteiger partial charge in [0.1, 0.15) is 0 Å². The fourth-order valence-corrected chi connectivity index (χ4v) is 3.01. The summed E-state index contributed by atoms with van der Waals surface area (Å²) in [4.78, 5) is 2.54. The molecule has 3 nitrogen and oxygen atoms in total. The average Bonchev–Trinajstić information content (AvgIpc) is 2.52. The van der Waals surface area contributed by atoms with Crippen molar-refractivity contribution in [1.29, 1.82) is 5.26 Å². The first kappa shape index (κ1) is 21.2. The lowest BCUT2D eigenvalue weighted by molar-refractivity contribution is 0.162. The van der Waals surface area contributed by atoms with Crippen LogP contribution in [0.2, 0.25) is 0 Å². The molecule has 0 aliphatic carbocycles. The minimum absolute atomic E-state index is 0. The van der Waals surface area contributed by atoms with Crippen LogP contribution in [-0.4, -0.2) is 31.1 Å². The molecule has 1 saturated heterocycles. The van der Waals surface area contributed by atoms with Crippen LogP contribution >= 0.6 is 24.8 Å². The Morgan fingerprint density at radius 3 is 2.50 bits per heavy atom. The molecule has 0 bridgehead atoms. The van der Waals surface area contributed by atoms with Crippen LogP contribution in [0.15, 0.2) is 24.3 Å². The van der Waals surface area contributed by atoms with Crippen molar-refractivity contribution in [2.24, 2.45) is 0 Å². The van der Waals surface area contributed by atoms with Crippen LogP contribution < -0.4 is 5.32 Å². The minimum Gasteiger partial charge on any atom is -0.314 e. The van der Waals surface area contributed by atoms with Crippen molar-refractivity contribution in [3.05, 3.63) is 35.4 Å². The van der Waals surface area contributed by atoms with Crippen molar-refractivity contribution in [3.63, 3.8) is 0 Å². The highest BCUT2D eigenvalue weighted by Crippen LogP contribution is 2.29. The molecule has 0 spiro atoms. The summed E-state index contributed by atoms with van der Waals surface area (Å²) in [6.45, 7) is 6.51. The number of piperazine rings is 1. The fraction of sp³-hybridized carbons (Fsp3) is 0.588. The number of benzene rings is 1. The third kappa shape index (κ3) is 5.78. The standard InChI is InChI=1S/C17H25N3.2ClH/c1-2-3-4-9-17(20-12-10-19-11-13-20)16-8-6-5-7-15(16)14-18;;/h5-8,17,19H,2-4,9-13H2,1H3;2*1H/t17-;;/m1../s1. The van der Waals surface area contributed by atoms with Crippen molar-refractivity contribution in [2.75, 3.05) is 26.2 Å². The summed E-state index contributed by atoms with van der Waals surface area (Å²) in [6, 6.07) is 10.9. The lowest BCUT2D eigenvalue weighted by Crippen LogP contribution is -2.45. The van der Waals surface area contributed by atoms with Gasteiger partial charge in [0, 0.05) is 32.2 Å². The molecule has 1 fully saturated rings. The lowest BCUT2D eigenvalue weighted by Gasteiger charge is -2.35. The van der Waals surface area contributed by atoms with Gasteiger partial charge in [0.05, 0.1) is 11.6 Å². The second kappa shape index (κ2) is 11.7. The maximum absolute atomic E-state index is 9.36. The van der Waals surface area contributed by atoms with E-state index in [9.17, 15) is 5.26 Å². The van der Waals surface area contributed by atoms with Crippen molar-refractivity contribution >= 4 is 24.8 Å². The summed E-state index contributed by atoms with van der Waals surface area (Å²) in [7, 11) is 0. The Hall–Kier alpha value is -0.790. The predicted octanol–water partition coefficient (Wildman–Crippen LogP) is 3.93. The first-order valence-corrected chi connectivity index (χ1v) is 7.80. The number of nitrogens with one attached hydrogen (secondary N) is 1. The Labute approximate surface area is 146 Å². The number of hydrogen-bond acceptors (Lipinski definition) is 3. The first-order valence-electron chi connectivity index (χ1n) is 7.80. The maximum Gasteiger partial charge on any atom is 0.0995 e. The van der Waals surface area contributed by atoms with Crippen molar-refractivity contribution in [1.82, 2.24) is 10.2 Å². The number of halogens is 2. The second-order valence-corrected chi connectivity index (χ2v) is 5.50. The number of nitrogens with zero attached hydrogens (tertiary/aromatic N) is 2. The van der Waals surface area contributed by atoms with E-state index in [2.05, 4.69) is 35.3 Å². The Bertz CT molecular complexity index is 453. The van der Waals surface area contributed by atoms with E-state index in [1.54, 1.807) is 0 Å². The number of nitriles is 1. The molecule has 1 N–H and O–H groups in total. The van der Waals surface area contributed by atoms with Gasteiger partial charge < -0.3 is 5.32 Å². The van der Waals surface area contributed by atoms with Crippen LogP contribution in [0.5, 0.6) is 0 Å². The van der Waals surface area contributed by atoms with E-state index >= 15 is 0 Å². The summed E-state index contributed by atoms with van der Waals surface area (Å²) in [5.74, 6) is 0. The third-order valence-corrected chi connectivity index (χ3v) is 4.11. The quantitative estimate of drug-likeness (QED) is 0.795. The fourth-order valence-electron chi connectivity index (χ4n) is 3.01. The van der Waals surface area contributed by atoms with Gasteiger partial charge in [-0.1, -0.05) is 44.4 Å². The Balaban J connectivity index is 0.00000220. The molecule has 0 aromatic heterocycles. The smallest absolute Gasteiger partial charge is 0.0995 e. The highest BCUT2D eigenvalue weighted by molar-refractivity contribution is 5.85. The first-order chi connectivity index (χ1) is 9.86. The van der Waals surface area contributed by atoms with E-state index in [-0.39, 0.29) is 24.8 Å². The number of hydrogen-bond donors (Lipinski definition) is 1. The zero-order chi connectivity index (χ0) is 14.2. The molecule has 1 aliphatic heterocycles. The minimum atomic E-state index is 0. The van der Waals surface area contributed by atoms with E-state index in [0.717, 1.165) is 38.2 Å². The molecular formula is C17H27Cl2N3. The molecule has 1 aromatic rings. The van der Waals surface area contributed by atoms with Crippen LogP contribution in [0.1, 0.15) is 49.8 Å². The number of unbranched alkanes of at least 4 members (excludes halogenated alkanes) is 2. The Kier molecular flexibility index (Phi) is 11.3. The molecule has 1 aromatic carbocycles. The van der Waals surface area contributed by atoms with Gasteiger partial charge in [0.2, 0.25) is 0 Å². The van der Waals surface area contributed by atoms with Crippen molar-refractivity contribution in [3.8, 4) is 6.07 Å². The third-order valence-electron chi connectivity index (χ3n) is 4.11. The molecule has 1 atom stereocenters. The topological polar surface area (TPSA) is 39.1 Å². The predicted molar refractivity (Wildman–Crippen MR) is 97.0 cm³/mol. The molecule has 124 valence electrons. The van der Waals surface area contributed by atoms with Gasteiger partial charge in [-0.05, 0) is 18.1 Å². The summed E-state index contributed by atoms with van der Waals surface area (Å²) in [5, 5.41) is 12.8. The van der Waals surface area contributed by atoms with Gasteiger partial charge in [0.15, 0.2) is 0 Å². The van der Waals surface area contributed by atoms with Gasteiger partial charge in [-0.25, -0.2) is 0 Å². The van der Waals surface area contributed by atoms with Crippen LogP contribution in [0, 0.1) is 11.3 Å². The summed E-state index contributed by atoms with van der Waals surface area (Å²) >= 11 is 0. The molecule has 5 heteroatoms. The molecule has 0 amide bonds. The zero-order valence-corrected chi connectivity index (χ0v) is 14.9. The number of rotatable bonds is 6. The average molecular weight is 344 g/mol. The van der Waals surface area contributed by atoms with Crippen LogP contribution in [0.3, 0.4) is 0 Å². The maximum atomic E-state index is 9.36. The Morgan fingerprint density at radius 1 is 1.18 bits per heavy atom. The van der Waals surface area contributed by atoms with Crippen LogP contribution in [0.25, 0.3) is 0 Å². The lowest BCUT2D eigenvalue weighted by atomic mass is 9.94. The van der Waals surface area contributed by atoms with Gasteiger partial charge in [-0.15, -0.1) is 24.8 Å². The normalized spacial score (nSPS) is 16.0. The van der Waals surface area contributed by atoms with Gasteiger partial charge >= 0.3 is 0 Å². The highest BCUT2D eigenvalue weighted by Gasteiger charge is 2.23.